The average Bonchev–Trinajstić information content (AvgIpc) is 2.35. The third-order valence-corrected chi connectivity index (χ3v) is 2.79. The molecule has 0 aliphatic heterocycles. The van der Waals surface area contributed by atoms with Crippen LogP contribution in [-0.2, 0) is 11.2 Å². The van der Waals surface area contributed by atoms with Crippen LogP contribution in [0, 0.1) is 5.82 Å². The fourth-order valence-corrected chi connectivity index (χ4v) is 1.82. The van der Waals surface area contributed by atoms with Gasteiger partial charge in [-0.05, 0) is 29.8 Å². The lowest BCUT2D eigenvalue weighted by Crippen LogP contribution is -2.15. The summed E-state index contributed by atoms with van der Waals surface area (Å²) in [6.45, 7) is 0. The predicted molar refractivity (Wildman–Crippen MR) is 71.9 cm³/mol. The van der Waals surface area contributed by atoms with Crippen molar-refractivity contribution in [2.75, 3.05) is 5.32 Å². The first-order valence-corrected chi connectivity index (χ1v) is 5.96. The Labute approximate surface area is 114 Å². The first-order valence-electron chi connectivity index (χ1n) is 5.58. The zero-order valence-corrected chi connectivity index (χ0v) is 10.6. The molecule has 0 heterocycles. The van der Waals surface area contributed by atoms with E-state index < -0.39 is 5.82 Å². The number of aromatic hydroxyl groups is 1. The van der Waals surface area contributed by atoms with Crippen LogP contribution < -0.4 is 5.32 Å². The molecule has 0 unspecified atom stereocenters. The number of benzene rings is 2. The Hall–Kier alpha value is -2.07. The maximum absolute atomic E-state index is 13.6. The number of halogens is 2. The molecule has 0 saturated heterocycles. The molecule has 2 aromatic carbocycles. The van der Waals surface area contributed by atoms with Crippen LogP contribution in [-0.4, -0.2) is 11.0 Å². The van der Waals surface area contributed by atoms with Crippen LogP contribution in [0.3, 0.4) is 0 Å². The second-order valence-electron chi connectivity index (χ2n) is 4.00. The molecule has 2 aromatic rings. The number of nitrogens with one attached hydrogen (secondary N) is 1. The van der Waals surface area contributed by atoms with E-state index in [1.807, 2.05) is 0 Å². The Balaban J connectivity index is 2.08. The van der Waals surface area contributed by atoms with E-state index in [2.05, 4.69) is 5.32 Å². The molecule has 0 fully saturated rings. The second-order valence-corrected chi connectivity index (χ2v) is 4.40. The number of amides is 1. The normalized spacial score (nSPS) is 10.2. The van der Waals surface area contributed by atoms with Crippen molar-refractivity contribution in [2.24, 2.45) is 0 Å². The largest absolute Gasteiger partial charge is 0.508 e. The van der Waals surface area contributed by atoms with Crippen molar-refractivity contribution in [1.82, 2.24) is 0 Å². The van der Waals surface area contributed by atoms with Crippen molar-refractivity contribution < 1.29 is 14.3 Å². The lowest BCUT2D eigenvalue weighted by Gasteiger charge is -2.07. The number of carbonyl (C=O) groups excluding carboxylic acids is 1. The minimum Gasteiger partial charge on any atom is -0.508 e. The highest BCUT2D eigenvalue weighted by atomic mass is 35.5. The third kappa shape index (κ3) is 3.45. The average molecular weight is 280 g/mol. The Morgan fingerprint density at radius 1 is 1.26 bits per heavy atom. The Kier molecular flexibility index (Phi) is 4.02. The molecule has 3 nitrogen and oxygen atoms in total. The third-order valence-electron chi connectivity index (χ3n) is 2.50. The first kappa shape index (κ1) is 13.4. The van der Waals surface area contributed by atoms with Gasteiger partial charge in [0.05, 0.1) is 17.1 Å². The molecule has 1 amide bonds. The van der Waals surface area contributed by atoms with Gasteiger partial charge in [-0.3, -0.25) is 4.79 Å². The summed E-state index contributed by atoms with van der Waals surface area (Å²) in [6.07, 6.45) is 0.0420. The molecular weight excluding hydrogens is 269 g/mol. The van der Waals surface area contributed by atoms with E-state index in [9.17, 15) is 14.3 Å². The molecule has 0 aliphatic rings. The number of phenols is 1. The first-order chi connectivity index (χ1) is 9.06. The van der Waals surface area contributed by atoms with Gasteiger partial charge in [-0.25, -0.2) is 4.39 Å². The molecule has 2 rings (SSSR count). The lowest BCUT2D eigenvalue weighted by molar-refractivity contribution is -0.115. The van der Waals surface area contributed by atoms with E-state index in [-0.39, 0.29) is 28.8 Å². The summed E-state index contributed by atoms with van der Waals surface area (Å²) >= 11 is 5.62. The molecule has 0 aromatic heterocycles. The van der Waals surface area contributed by atoms with Gasteiger partial charge in [-0.1, -0.05) is 29.8 Å². The monoisotopic (exact) mass is 279 g/mol. The molecule has 19 heavy (non-hydrogen) atoms. The lowest BCUT2D eigenvalue weighted by atomic mass is 10.1. The molecule has 0 spiro atoms. The summed E-state index contributed by atoms with van der Waals surface area (Å²) in [5, 5.41) is 11.7. The summed E-state index contributed by atoms with van der Waals surface area (Å²) in [6, 6.07) is 10.7. The van der Waals surface area contributed by atoms with E-state index in [0.717, 1.165) is 0 Å². The van der Waals surface area contributed by atoms with Crippen molar-refractivity contribution in [3.05, 3.63) is 58.9 Å². The summed E-state index contributed by atoms with van der Waals surface area (Å²) in [4.78, 5) is 11.8. The molecule has 0 bridgehead atoms. The van der Waals surface area contributed by atoms with Gasteiger partial charge in [0.25, 0.3) is 0 Å². The van der Waals surface area contributed by atoms with Gasteiger partial charge < -0.3 is 10.4 Å². The van der Waals surface area contributed by atoms with Crippen LogP contribution in [0.4, 0.5) is 10.1 Å². The molecule has 0 saturated carbocycles. The van der Waals surface area contributed by atoms with Gasteiger partial charge in [0.1, 0.15) is 5.75 Å². The fraction of sp³-hybridized carbons (Fsp3) is 0.0714. The standard InChI is InChI=1S/C14H11ClFNO2/c15-11-5-2-6-12(14(11)16)17-13(19)8-9-3-1-4-10(18)7-9/h1-7,18H,8H2,(H,17,19). The number of anilines is 1. The van der Waals surface area contributed by atoms with Gasteiger partial charge in [0.15, 0.2) is 5.82 Å². The highest BCUT2D eigenvalue weighted by molar-refractivity contribution is 6.31. The van der Waals surface area contributed by atoms with Crippen LogP contribution in [0.1, 0.15) is 5.56 Å². The van der Waals surface area contributed by atoms with Crippen molar-refractivity contribution in [3.8, 4) is 5.75 Å². The topological polar surface area (TPSA) is 49.3 Å². The van der Waals surface area contributed by atoms with Crippen molar-refractivity contribution >= 4 is 23.2 Å². The number of hydrogen-bond acceptors (Lipinski definition) is 2. The zero-order chi connectivity index (χ0) is 13.8. The van der Waals surface area contributed by atoms with Crippen molar-refractivity contribution in [3.63, 3.8) is 0 Å². The quantitative estimate of drug-likeness (QED) is 0.905. The van der Waals surface area contributed by atoms with Crippen molar-refractivity contribution in [1.29, 1.82) is 0 Å². The highest BCUT2D eigenvalue weighted by Crippen LogP contribution is 2.22. The van der Waals surface area contributed by atoms with E-state index in [0.29, 0.717) is 5.56 Å². The molecular formula is C14H11ClFNO2. The number of rotatable bonds is 3. The van der Waals surface area contributed by atoms with Gasteiger partial charge in [0, 0.05) is 0 Å². The Bertz CT molecular complexity index is 616. The van der Waals surface area contributed by atoms with E-state index in [1.54, 1.807) is 18.2 Å². The van der Waals surface area contributed by atoms with E-state index in [1.165, 1.54) is 24.3 Å². The zero-order valence-electron chi connectivity index (χ0n) is 9.86. The minimum absolute atomic E-state index is 0.0395. The van der Waals surface area contributed by atoms with Crippen LogP contribution in [0.15, 0.2) is 42.5 Å². The second kappa shape index (κ2) is 5.71. The number of hydrogen-bond donors (Lipinski definition) is 2. The molecule has 0 atom stereocenters. The summed E-state index contributed by atoms with van der Waals surface area (Å²) in [5.74, 6) is -0.959. The smallest absolute Gasteiger partial charge is 0.228 e. The van der Waals surface area contributed by atoms with Gasteiger partial charge >= 0.3 is 0 Å². The van der Waals surface area contributed by atoms with Crippen LogP contribution in [0.25, 0.3) is 0 Å². The fourth-order valence-electron chi connectivity index (χ4n) is 1.65. The molecule has 98 valence electrons. The molecule has 2 N–H and O–H groups in total. The van der Waals surface area contributed by atoms with E-state index in [4.69, 9.17) is 11.6 Å². The number of phenolic OH excluding ortho intramolecular Hbond substituents is 1. The van der Waals surface area contributed by atoms with Gasteiger partial charge in [0.2, 0.25) is 5.91 Å². The van der Waals surface area contributed by atoms with Gasteiger partial charge in [-0.15, -0.1) is 0 Å². The minimum atomic E-state index is -0.659. The van der Waals surface area contributed by atoms with Crippen LogP contribution in [0.2, 0.25) is 5.02 Å². The van der Waals surface area contributed by atoms with Crippen molar-refractivity contribution in [2.45, 2.75) is 6.42 Å². The molecule has 5 heteroatoms. The molecule has 0 radical (unpaired) electrons. The summed E-state index contributed by atoms with van der Waals surface area (Å²) < 4.78 is 13.6. The maximum atomic E-state index is 13.6. The Morgan fingerprint density at radius 3 is 2.74 bits per heavy atom. The Morgan fingerprint density at radius 2 is 2.00 bits per heavy atom. The molecule has 0 aliphatic carbocycles. The van der Waals surface area contributed by atoms with Crippen LogP contribution in [0.5, 0.6) is 5.75 Å². The summed E-state index contributed by atoms with van der Waals surface area (Å²) in [7, 11) is 0. The SMILES string of the molecule is O=C(Cc1cccc(O)c1)Nc1cccc(Cl)c1F. The van der Waals surface area contributed by atoms with Crippen LogP contribution >= 0.6 is 11.6 Å². The maximum Gasteiger partial charge on any atom is 0.228 e. The number of carbonyl (C=O) groups is 1. The highest BCUT2D eigenvalue weighted by Gasteiger charge is 2.10. The van der Waals surface area contributed by atoms with Gasteiger partial charge in [-0.2, -0.15) is 0 Å². The predicted octanol–water partition coefficient (Wildman–Crippen LogP) is 3.37. The summed E-state index contributed by atoms with van der Waals surface area (Å²) in [5.41, 5.74) is 0.678. The van der Waals surface area contributed by atoms with E-state index >= 15 is 0 Å².